The van der Waals surface area contributed by atoms with E-state index in [2.05, 4.69) is 52.7 Å². The number of aromatic nitrogens is 2. The summed E-state index contributed by atoms with van der Waals surface area (Å²) in [5.74, 6) is -0.182. The van der Waals surface area contributed by atoms with Crippen molar-refractivity contribution in [2.75, 3.05) is 18.4 Å². The van der Waals surface area contributed by atoms with E-state index < -0.39 is 0 Å². The minimum atomic E-state index is -0.173. The molecule has 1 amide bonds. The Kier molecular flexibility index (Phi) is 5.71. The number of rotatable bonds is 7. The average molecular weight is 341 g/mol. The van der Waals surface area contributed by atoms with Crippen molar-refractivity contribution in [3.05, 3.63) is 47.8 Å². The molecule has 1 saturated heterocycles. The van der Waals surface area contributed by atoms with Crippen LogP contribution in [-0.2, 0) is 24.4 Å². The third-order valence-corrected chi connectivity index (χ3v) is 4.75. The van der Waals surface area contributed by atoms with Crippen LogP contribution in [0.5, 0.6) is 0 Å². The van der Waals surface area contributed by atoms with E-state index in [1.54, 1.807) is 0 Å². The van der Waals surface area contributed by atoms with Crippen molar-refractivity contribution in [1.29, 1.82) is 0 Å². The molecule has 0 saturated carbocycles. The Morgan fingerprint density at radius 3 is 3.04 bits per heavy atom. The number of nitrogens with zero attached hydrogens (tertiary/aromatic N) is 3. The van der Waals surface area contributed by atoms with Crippen molar-refractivity contribution in [1.82, 2.24) is 14.7 Å². The van der Waals surface area contributed by atoms with Crippen LogP contribution in [0.25, 0.3) is 0 Å². The van der Waals surface area contributed by atoms with Crippen LogP contribution in [0.2, 0.25) is 0 Å². The molecule has 6 nitrogen and oxygen atoms in total. The van der Waals surface area contributed by atoms with Crippen molar-refractivity contribution in [2.45, 2.75) is 39.4 Å². The number of piperidine rings is 1. The first-order valence-electron chi connectivity index (χ1n) is 9.00. The first kappa shape index (κ1) is 17.5. The normalized spacial score (nSPS) is 18.2. The highest BCUT2D eigenvalue weighted by Crippen LogP contribution is 2.20. The van der Waals surface area contributed by atoms with E-state index in [0.717, 1.165) is 51.3 Å². The molecule has 0 spiro atoms. The van der Waals surface area contributed by atoms with E-state index in [0.29, 0.717) is 0 Å². The third-order valence-electron chi connectivity index (χ3n) is 4.75. The van der Waals surface area contributed by atoms with Gasteiger partial charge in [0.1, 0.15) is 0 Å². The second-order valence-electron chi connectivity index (χ2n) is 6.73. The van der Waals surface area contributed by atoms with Crippen LogP contribution in [0.1, 0.15) is 30.9 Å². The average Bonchev–Trinajstić information content (AvgIpc) is 3.09. The Bertz CT molecular complexity index is 711. The van der Waals surface area contributed by atoms with E-state index in [4.69, 9.17) is 5.73 Å². The fourth-order valence-electron chi connectivity index (χ4n) is 3.34. The van der Waals surface area contributed by atoms with Crippen molar-refractivity contribution in [3.63, 3.8) is 0 Å². The zero-order valence-electron chi connectivity index (χ0n) is 14.8. The number of anilines is 1. The number of aryl methyl sites for hydroxylation is 1. The number of amides is 1. The molecular weight excluding hydrogens is 314 g/mol. The zero-order valence-corrected chi connectivity index (χ0v) is 14.8. The summed E-state index contributed by atoms with van der Waals surface area (Å²) in [5, 5.41) is 7.75. The van der Waals surface area contributed by atoms with Gasteiger partial charge in [-0.05, 0) is 44.0 Å². The van der Waals surface area contributed by atoms with Crippen molar-refractivity contribution < 1.29 is 4.79 Å². The second-order valence-corrected chi connectivity index (χ2v) is 6.73. The number of hydrogen-bond donors (Lipinski definition) is 2. The van der Waals surface area contributed by atoms with E-state index in [9.17, 15) is 4.79 Å². The summed E-state index contributed by atoms with van der Waals surface area (Å²) in [6, 6.07) is 8.46. The van der Waals surface area contributed by atoms with Gasteiger partial charge in [-0.2, -0.15) is 5.10 Å². The Balaban J connectivity index is 1.56. The van der Waals surface area contributed by atoms with Gasteiger partial charge in [-0.3, -0.25) is 14.4 Å². The van der Waals surface area contributed by atoms with Gasteiger partial charge in [0.2, 0.25) is 5.91 Å². The molecule has 1 aliphatic heterocycles. The maximum absolute atomic E-state index is 11.4. The minimum absolute atomic E-state index is 0.00911. The smallest absolute Gasteiger partial charge is 0.221 e. The summed E-state index contributed by atoms with van der Waals surface area (Å²) in [6.07, 6.45) is 5.92. The first-order valence-corrected chi connectivity index (χ1v) is 9.00. The summed E-state index contributed by atoms with van der Waals surface area (Å²) < 4.78 is 1.93. The summed E-state index contributed by atoms with van der Waals surface area (Å²) >= 11 is 0. The van der Waals surface area contributed by atoms with Gasteiger partial charge in [-0.15, -0.1) is 0 Å². The third kappa shape index (κ3) is 4.82. The van der Waals surface area contributed by atoms with Crippen LogP contribution in [0.3, 0.4) is 0 Å². The molecule has 0 bridgehead atoms. The molecule has 6 heteroatoms. The molecule has 25 heavy (non-hydrogen) atoms. The molecule has 2 aromatic rings. The van der Waals surface area contributed by atoms with Crippen LogP contribution in [0, 0.1) is 5.92 Å². The summed E-state index contributed by atoms with van der Waals surface area (Å²) in [5.41, 5.74) is 9.00. The SMILES string of the molecule is CCn1cc(CNc2cccc(CN3CCCC(C(N)=O)C3)c2)cn1. The second kappa shape index (κ2) is 8.16. The lowest BCUT2D eigenvalue weighted by atomic mass is 9.97. The number of nitrogens with two attached hydrogens (primary N) is 1. The van der Waals surface area contributed by atoms with Gasteiger partial charge in [0.25, 0.3) is 0 Å². The van der Waals surface area contributed by atoms with Crippen LogP contribution in [-0.4, -0.2) is 33.7 Å². The lowest BCUT2D eigenvalue weighted by molar-refractivity contribution is -0.123. The predicted octanol–water partition coefficient (Wildman–Crippen LogP) is 2.21. The van der Waals surface area contributed by atoms with Gasteiger partial charge in [0, 0.05) is 43.6 Å². The molecule has 1 aromatic heterocycles. The van der Waals surface area contributed by atoms with Crippen molar-refractivity contribution in [2.24, 2.45) is 11.7 Å². The van der Waals surface area contributed by atoms with Gasteiger partial charge in [-0.25, -0.2) is 0 Å². The standard InChI is InChI=1S/C19H27N5O/c1-2-24-13-16(11-22-24)10-21-18-7-3-5-15(9-18)12-23-8-4-6-17(14-23)19(20)25/h3,5,7,9,11,13,17,21H,2,4,6,8,10,12,14H2,1H3,(H2,20,25). The number of hydrogen-bond acceptors (Lipinski definition) is 4. The Morgan fingerprint density at radius 2 is 2.28 bits per heavy atom. The molecule has 3 rings (SSSR count). The number of likely N-dealkylation sites (tertiary alicyclic amines) is 1. The lowest BCUT2D eigenvalue weighted by Gasteiger charge is -2.31. The molecule has 2 heterocycles. The molecule has 1 aliphatic rings. The van der Waals surface area contributed by atoms with Gasteiger partial charge in [0.15, 0.2) is 0 Å². The van der Waals surface area contributed by atoms with Crippen LogP contribution >= 0.6 is 0 Å². The van der Waals surface area contributed by atoms with Crippen LogP contribution < -0.4 is 11.1 Å². The lowest BCUT2D eigenvalue weighted by Crippen LogP contribution is -2.40. The molecule has 1 fully saturated rings. The predicted molar refractivity (Wildman–Crippen MR) is 98.9 cm³/mol. The Hall–Kier alpha value is -2.34. The molecule has 1 aromatic carbocycles. The highest BCUT2D eigenvalue weighted by atomic mass is 16.1. The fraction of sp³-hybridized carbons (Fsp3) is 0.474. The first-order chi connectivity index (χ1) is 12.1. The van der Waals surface area contributed by atoms with Crippen molar-refractivity contribution in [3.8, 4) is 0 Å². The van der Waals surface area contributed by atoms with Gasteiger partial charge in [-0.1, -0.05) is 12.1 Å². The summed E-state index contributed by atoms with van der Waals surface area (Å²) in [4.78, 5) is 13.8. The van der Waals surface area contributed by atoms with Crippen molar-refractivity contribution >= 4 is 11.6 Å². The number of primary amides is 1. The fourth-order valence-corrected chi connectivity index (χ4v) is 3.34. The largest absolute Gasteiger partial charge is 0.381 e. The highest BCUT2D eigenvalue weighted by molar-refractivity contribution is 5.76. The Morgan fingerprint density at radius 1 is 1.40 bits per heavy atom. The topological polar surface area (TPSA) is 76.2 Å². The van der Waals surface area contributed by atoms with Gasteiger partial charge >= 0.3 is 0 Å². The molecular formula is C19H27N5O. The zero-order chi connectivity index (χ0) is 17.6. The van der Waals surface area contributed by atoms with Gasteiger partial charge in [0.05, 0.1) is 12.1 Å². The molecule has 1 atom stereocenters. The summed E-state index contributed by atoms with van der Waals surface area (Å²) in [6.45, 7) is 6.37. The highest BCUT2D eigenvalue weighted by Gasteiger charge is 2.23. The van der Waals surface area contributed by atoms with Gasteiger partial charge < -0.3 is 11.1 Å². The number of carbonyl (C=O) groups is 1. The van der Waals surface area contributed by atoms with Crippen LogP contribution in [0.15, 0.2) is 36.7 Å². The van der Waals surface area contributed by atoms with E-state index in [-0.39, 0.29) is 11.8 Å². The van der Waals surface area contributed by atoms with E-state index in [1.165, 1.54) is 11.1 Å². The number of benzene rings is 1. The molecule has 134 valence electrons. The van der Waals surface area contributed by atoms with E-state index in [1.807, 2.05) is 10.9 Å². The monoisotopic (exact) mass is 341 g/mol. The van der Waals surface area contributed by atoms with Crippen LogP contribution in [0.4, 0.5) is 5.69 Å². The molecule has 1 unspecified atom stereocenters. The quantitative estimate of drug-likeness (QED) is 0.809. The molecule has 0 aliphatic carbocycles. The number of carbonyl (C=O) groups excluding carboxylic acids is 1. The maximum atomic E-state index is 11.4. The molecule has 0 radical (unpaired) electrons. The summed E-state index contributed by atoms with van der Waals surface area (Å²) in [7, 11) is 0. The maximum Gasteiger partial charge on any atom is 0.221 e. The molecule has 3 N–H and O–H groups in total. The Labute approximate surface area is 149 Å². The number of nitrogens with one attached hydrogen (secondary N) is 1. The minimum Gasteiger partial charge on any atom is -0.381 e. The van der Waals surface area contributed by atoms with E-state index >= 15 is 0 Å².